The van der Waals surface area contributed by atoms with Gasteiger partial charge in [-0.2, -0.15) is 0 Å². The molecule has 0 aromatic heterocycles. The van der Waals surface area contributed by atoms with Crippen LogP contribution in [0.15, 0.2) is 0 Å². The Balaban J connectivity index is 0.856. The fourth-order valence-electron chi connectivity index (χ4n) is 15.2. The van der Waals surface area contributed by atoms with Crippen LogP contribution >= 0.6 is 0 Å². The van der Waals surface area contributed by atoms with Crippen LogP contribution in [0.2, 0.25) is 0 Å². The number of hydrogen-bond donors (Lipinski definition) is 9. The van der Waals surface area contributed by atoms with E-state index in [1.54, 1.807) is 21.0 Å². The molecule has 4 saturated carbocycles. The Morgan fingerprint density at radius 3 is 1.84 bits per heavy atom. The molecule has 9 N–H and O–H groups in total. The van der Waals surface area contributed by atoms with Crippen molar-refractivity contribution in [3.05, 3.63) is 0 Å². The zero-order valence-corrected chi connectivity index (χ0v) is 46.4. The van der Waals surface area contributed by atoms with Crippen molar-refractivity contribution < 1.29 is 112 Å². The molecular formula is C54H90O23. The molecule has 4 heterocycles. The third-order valence-electron chi connectivity index (χ3n) is 19.7. The third-order valence-corrected chi connectivity index (χ3v) is 19.7. The number of esters is 2. The highest BCUT2D eigenvalue weighted by Gasteiger charge is 2.77. The maximum absolute atomic E-state index is 13.1. The maximum atomic E-state index is 13.1. The summed E-state index contributed by atoms with van der Waals surface area (Å²) in [4.78, 5) is 25.7. The number of aliphatic hydroxyl groups excluding tert-OH is 7. The van der Waals surface area contributed by atoms with Gasteiger partial charge in [0.05, 0.1) is 54.7 Å². The first-order valence-corrected chi connectivity index (χ1v) is 28.0. The summed E-state index contributed by atoms with van der Waals surface area (Å²) in [5.74, 6) is -0.807. The standard InChI is InChI=1S/C54H90O23/c1-24(2)17-38(57)71-27(5)53(64)15-16-54(65)31-12-11-29-18-30(13-14-51(29,7)32(31)19-37(52(53,54)8)72-28(6)56)73-39-20-33(66-9)47(25(3)69-39)76-40-21-34(67-10)48(26(4)70-40)77-50-46(63)44(61)42(59)36(75-50)23-68-49-45(62)43(60)41(58)35(22-55)74-49/h24-27,29-37,39-50,55,58-65H,11-23H2,1-10H3/t25-,26-,27+,29+,30+,31-,32+,33+,34-,35-,36-,37-,39+,40+,41-,42-,43+,44+,45-,46-,47-,48-,49-,50+,51+,52-,53-,54+/m1/s1. The summed E-state index contributed by atoms with van der Waals surface area (Å²) >= 11 is 0. The lowest BCUT2D eigenvalue weighted by Gasteiger charge is -2.66. The van der Waals surface area contributed by atoms with E-state index in [9.17, 15) is 55.5 Å². The van der Waals surface area contributed by atoms with Gasteiger partial charge in [0.2, 0.25) is 0 Å². The topological polar surface area (TPSA) is 327 Å². The van der Waals surface area contributed by atoms with Crippen LogP contribution in [0.3, 0.4) is 0 Å². The highest BCUT2D eigenvalue weighted by Crippen LogP contribution is 2.71. The van der Waals surface area contributed by atoms with Gasteiger partial charge in [-0.25, -0.2) is 0 Å². The summed E-state index contributed by atoms with van der Waals surface area (Å²) in [5.41, 5.74) is -4.55. The van der Waals surface area contributed by atoms with Crippen LogP contribution in [0.25, 0.3) is 0 Å². The first kappa shape index (κ1) is 61.3. The van der Waals surface area contributed by atoms with Crippen molar-refractivity contribution in [3.8, 4) is 0 Å². The fourth-order valence-corrected chi connectivity index (χ4v) is 15.2. The van der Waals surface area contributed by atoms with E-state index in [-0.39, 0.29) is 60.9 Å². The fraction of sp³-hybridized carbons (Fsp3) is 0.963. The predicted molar refractivity (Wildman–Crippen MR) is 265 cm³/mol. The van der Waals surface area contributed by atoms with E-state index in [1.165, 1.54) is 14.0 Å². The van der Waals surface area contributed by atoms with Gasteiger partial charge in [-0.1, -0.05) is 27.7 Å². The molecule has 8 aliphatic rings. The minimum Gasteiger partial charge on any atom is -0.462 e. The normalized spacial score (nSPS) is 50.5. The van der Waals surface area contributed by atoms with Crippen molar-refractivity contribution in [3.63, 3.8) is 0 Å². The number of rotatable bonds is 17. The van der Waals surface area contributed by atoms with Crippen LogP contribution in [-0.2, 0) is 66.4 Å². The average molecular weight is 1110 g/mol. The Morgan fingerprint density at radius 2 is 1.25 bits per heavy atom. The molecule has 28 atom stereocenters. The van der Waals surface area contributed by atoms with E-state index in [4.69, 9.17) is 56.8 Å². The summed E-state index contributed by atoms with van der Waals surface area (Å²) in [5, 5.41) is 98.6. The molecule has 23 heteroatoms. The van der Waals surface area contributed by atoms with Gasteiger partial charge in [-0.15, -0.1) is 0 Å². The lowest BCUT2D eigenvalue weighted by Crippen LogP contribution is -2.72. The number of fused-ring (bicyclic) bond motifs is 5. The van der Waals surface area contributed by atoms with E-state index < -0.39 is 165 Å². The van der Waals surface area contributed by atoms with Gasteiger partial charge in [-0.3, -0.25) is 9.59 Å². The van der Waals surface area contributed by atoms with Gasteiger partial charge in [-0.05, 0) is 101 Å². The van der Waals surface area contributed by atoms with Crippen LogP contribution < -0.4 is 0 Å². The van der Waals surface area contributed by atoms with Gasteiger partial charge < -0.3 is 103 Å². The molecule has 0 aromatic rings. The van der Waals surface area contributed by atoms with E-state index in [0.717, 1.165) is 25.7 Å². The van der Waals surface area contributed by atoms with E-state index in [2.05, 4.69) is 6.92 Å². The zero-order valence-electron chi connectivity index (χ0n) is 46.4. The monoisotopic (exact) mass is 1110 g/mol. The van der Waals surface area contributed by atoms with Crippen LogP contribution in [0, 0.1) is 34.5 Å². The summed E-state index contributed by atoms with van der Waals surface area (Å²) in [6.07, 6.45) is -17.4. The Morgan fingerprint density at radius 1 is 0.662 bits per heavy atom. The summed E-state index contributed by atoms with van der Waals surface area (Å²) in [6.45, 7) is 13.4. The minimum absolute atomic E-state index is 0.0146. The lowest BCUT2D eigenvalue weighted by atomic mass is 9.42. The Labute approximate surface area is 451 Å². The molecule has 77 heavy (non-hydrogen) atoms. The number of methoxy groups -OCH3 is 2. The van der Waals surface area contributed by atoms with Crippen LogP contribution in [0.5, 0.6) is 0 Å². The first-order chi connectivity index (χ1) is 36.2. The SMILES string of the molecule is CO[C@H]1C[C@H](O[C@H]2CC[C@@]3(C)[C@@H](CC[C@@H]4[C@@H]3C[C@@H](OC(C)=O)[C@]3(C)[C@](O)([C@H](C)OC(=O)CC(C)C)CC[C@]43O)C2)O[C@H](C)[C@H]1O[C@H]1C[C@@H](OC)[C@H](O[C@@H]2O[C@H](CO[C@@H]3O[C@H](CO)[C@@H](O)[C@H](O)[C@H]3O)[C@@H](O)[C@H](O)[C@H]2O)[C@@H](C)O1. The molecule has 4 aliphatic heterocycles. The van der Waals surface area contributed by atoms with Crippen molar-refractivity contribution in [1.82, 2.24) is 0 Å². The summed E-state index contributed by atoms with van der Waals surface area (Å²) < 4.78 is 73.2. The number of ether oxygens (including phenoxy) is 12. The second kappa shape index (κ2) is 24.2. The molecule has 444 valence electrons. The summed E-state index contributed by atoms with van der Waals surface area (Å²) in [6, 6.07) is 0. The van der Waals surface area contributed by atoms with Crippen LogP contribution in [0.4, 0.5) is 0 Å². The molecule has 8 rings (SSSR count). The largest absolute Gasteiger partial charge is 0.462 e. The number of hydrogen-bond acceptors (Lipinski definition) is 23. The molecule has 4 aliphatic carbocycles. The Hall–Kier alpha value is -1.82. The predicted octanol–water partition coefficient (Wildman–Crippen LogP) is 0.474. The zero-order chi connectivity index (χ0) is 56.3. The molecule has 4 saturated heterocycles. The molecule has 0 aromatic carbocycles. The van der Waals surface area contributed by atoms with Crippen LogP contribution in [-0.4, -0.2) is 225 Å². The number of carbonyl (C=O) groups excluding carboxylic acids is 2. The minimum atomic E-state index is -1.76. The maximum Gasteiger partial charge on any atom is 0.306 e. The van der Waals surface area contributed by atoms with Gasteiger partial charge in [0.15, 0.2) is 25.2 Å². The highest BCUT2D eigenvalue weighted by atomic mass is 16.8. The van der Waals surface area contributed by atoms with Crippen molar-refractivity contribution in [2.75, 3.05) is 27.4 Å². The number of carbonyl (C=O) groups is 2. The Kier molecular flexibility index (Phi) is 19.2. The second-order valence-electron chi connectivity index (χ2n) is 24.4. The van der Waals surface area contributed by atoms with Crippen molar-refractivity contribution in [1.29, 1.82) is 0 Å². The molecule has 0 unspecified atom stereocenters. The van der Waals surface area contributed by atoms with E-state index in [0.29, 0.717) is 19.3 Å². The number of aliphatic hydroxyl groups is 9. The average Bonchev–Trinajstić information content (AvgIpc) is 3.91. The summed E-state index contributed by atoms with van der Waals surface area (Å²) in [7, 11) is 3.09. The molecule has 0 bridgehead atoms. The van der Waals surface area contributed by atoms with Gasteiger partial charge in [0, 0.05) is 40.4 Å². The molecule has 0 radical (unpaired) electrons. The third kappa shape index (κ3) is 11.5. The van der Waals surface area contributed by atoms with E-state index >= 15 is 0 Å². The van der Waals surface area contributed by atoms with Crippen molar-refractivity contribution in [2.24, 2.45) is 34.5 Å². The smallest absolute Gasteiger partial charge is 0.306 e. The first-order valence-electron chi connectivity index (χ1n) is 28.0. The quantitative estimate of drug-likeness (QED) is 0.0706. The molecule has 8 fully saturated rings. The van der Waals surface area contributed by atoms with E-state index in [1.807, 2.05) is 27.7 Å². The van der Waals surface area contributed by atoms with Crippen LogP contribution in [0.1, 0.15) is 126 Å². The van der Waals surface area contributed by atoms with Gasteiger partial charge in [0.25, 0.3) is 0 Å². The van der Waals surface area contributed by atoms with Crippen molar-refractivity contribution in [2.45, 2.75) is 266 Å². The molecule has 0 amide bonds. The molecule has 23 nitrogen and oxygen atoms in total. The highest BCUT2D eigenvalue weighted by molar-refractivity contribution is 5.70. The Bertz CT molecular complexity index is 1980. The second-order valence-corrected chi connectivity index (χ2v) is 24.4. The van der Waals surface area contributed by atoms with Gasteiger partial charge in [0.1, 0.15) is 78.8 Å². The molecule has 0 spiro atoms. The molecular weight excluding hydrogens is 1020 g/mol. The van der Waals surface area contributed by atoms with Gasteiger partial charge >= 0.3 is 11.9 Å². The lowest BCUT2D eigenvalue weighted by molar-refractivity contribution is -0.360. The van der Waals surface area contributed by atoms with Crippen molar-refractivity contribution >= 4 is 11.9 Å².